The van der Waals surface area contributed by atoms with E-state index < -0.39 is 10.0 Å². The number of sulfonamides is 1. The van der Waals surface area contributed by atoms with Crippen molar-refractivity contribution in [1.29, 1.82) is 0 Å². The molecule has 0 bridgehead atoms. The Labute approximate surface area is 91.3 Å². The SMILES string of the molecule is CCC(Cl)CCNS(=O)(=O)CC1CC1. The second-order valence-corrected chi connectivity index (χ2v) is 6.38. The minimum atomic E-state index is -3.03. The molecule has 1 aliphatic carbocycles. The Morgan fingerprint density at radius 1 is 1.50 bits per heavy atom. The fraction of sp³-hybridized carbons (Fsp3) is 1.00. The summed E-state index contributed by atoms with van der Waals surface area (Å²) < 4.78 is 25.4. The summed E-state index contributed by atoms with van der Waals surface area (Å²) in [6.07, 6.45) is 3.72. The van der Waals surface area contributed by atoms with Gasteiger partial charge in [-0.25, -0.2) is 13.1 Å². The molecule has 0 aromatic heterocycles. The van der Waals surface area contributed by atoms with Crippen molar-refractivity contribution in [3.63, 3.8) is 0 Å². The molecule has 1 N–H and O–H groups in total. The molecule has 1 rings (SSSR count). The predicted octanol–water partition coefficient (Wildman–Crippen LogP) is 1.72. The van der Waals surface area contributed by atoms with Crippen molar-refractivity contribution in [2.24, 2.45) is 5.92 Å². The molecule has 0 radical (unpaired) electrons. The van der Waals surface area contributed by atoms with Gasteiger partial charge in [0.15, 0.2) is 0 Å². The van der Waals surface area contributed by atoms with E-state index >= 15 is 0 Å². The highest BCUT2D eigenvalue weighted by Gasteiger charge is 2.27. The fourth-order valence-electron chi connectivity index (χ4n) is 1.23. The van der Waals surface area contributed by atoms with Crippen LogP contribution in [-0.2, 0) is 10.0 Å². The highest BCUT2D eigenvalue weighted by atomic mass is 35.5. The standard InChI is InChI=1S/C9H18ClNO2S/c1-2-9(10)5-6-11-14(12,13)7-8-3-4-8/h8-9,11H,2-7H2,1H3. The number of hydrogen-bond donors (Lipinski definition) is 1. The van der Waals surface area contributed by atoms with Gasteiger partial charge in [0, 0.05) is 11.9 Å². The zero-order valence-electron chi connectivity index (χ0n) is 8.50. The van der Waals surface area contributed by atoms with E-state index in [9.17, 15) is 8.42 Å². The molecule has 1 aliphatic rings. The summed E-state index contributed by atoms with van der Waals surface area (Å²) in [4.78, 5) is 0. The molecule has 0 spiro atoms. The zero-order chi connectivity index (χ0) is 10.6. The van der Waals surface area contributed by atoms with E-state index in [4.69, 9.17) is 11.6 Å². The first-order valence-corrected chi connectivity index (χ1v) is 7.23. The lowest BCUT2D eigenvalue weighted by atomic mass is 10.2. The first-order valence-electron chi connectivity index (χ1n) is 5.15. The lowest BCUT2D eigenvalue weighted by Gasteiger charge is -2.08. The van der Waals surface area contributed by atoms with Crippen LogP contribution >= 0.6 is 11.6 Å². The maximum Gasteiger partial charge on any atom is 0.211 e. The minimum absolute atomic E-state index is 0.0821. The maximum atomic E-state index is 11.4. The van der Waals surface area contributed by atoms with Gasteiger partial charge in [-0.15, -0.1) is 11.6 Å². The van der Waals surface area contributed by atoms with Gasteiger partial charge in [-0.3, -0.25) is 0 Å². The Balaban J connectivity index is 2.15. The topological polar surface area (TPSA) is 46.2 Å². The molecule has 5 heteroatoms. The van der Waals surface area contributed by atoms with Crippen LogP contribution in [-0.4, -0.2) is 26.1 Å². The molecule has 0 aromatic rings. The number of nitrogens with one attached hydrogen (secondary N) is 1. The lowest BCUT2D eigenvalue weighted by molar-refractivity contribution is 0.573. The first kappa shape index (κ1) is 12.3. The van der Waals surface area contributed by atoms with Crippen LogP contribution in [0.5, 0.6) is 0 Å². The third kappa shape index (κ3) is 5.17. The number of halogens is 1. The smallest absolute Gasteiger partial charge is 0.211 e. The van der Waals surface area contributed by atoms with Gasteiger partial charge in [-0.05, 0) is 31.6 Å². The van der Waals surface area contributed by atoms with Crippen molar-refractivity contribution >= 4 is 21.6 Å². The largest absolute Gasteiger partial charge is 0.215 e. The van der Waals surface area contributed by atoms with Crippen molar-refractivity contribution in [3.8, 4) is 0 Å². The molecule has 1 unspecified atom stereocenters. The van der Waals surface area contributed by atoms with Crippen LogP contribution in [0.4, 0.5) is 0 Å². The average molecular weight is 240 g/mol. The van der Waals surface area contributed by atoms with Gasteiger partial charge in [-0.1, -0.05) is 6.92 Å². The molecule has 0 aliphatic heterocycles. The zero-order valence-corrected chi connectivity index (χ0v) is 10.1. The first-order chi connectivity index (χ1) is 6.53. The molecule has 84 valence electrons. The van der Waals surface area contributed by atoms with Gasteiger partial charge in [0.25, 0.3) is 0 Å². The Morgan fingerprint density at radius 3 is 2.64 bits per heavy atom. The second kappa shape index (κ2) is 5.33. The highest BCUT2D eigenvalue weighted by molar-refractivity contribution is 7.89. The third-order valence-corrected chi connectivity index (χ3v) is 4.46. The van der Waals surface area contributed by atoms with Crippen molar-refractivity contribution < 1.29 is 8.42 Å². The minimum Gasteiger partial charge on any atom is -0.215 e. The fourth-order valence-corrected chi connectivity index (χ4v) is 2.84. The van der Waals surface area contributed by atoms with Crippen LogP contribution in [0.15, 0.2) is 0 Å². The quantitative estimate of drug-likeness (QED) is 0.688. The van der Waals surface area contributed by atoms with Crippen LogP contribution in [0.2, 0.25) is 0 Å². The average Bonchev–Trinajstić information content (AvgIpc) is 2.86. The molecule has 3 nitrogen and oxygen atoms in total. The Bertz CT molecular complexity index is 262. The molecule has 1 atom stereocenters. The van der Waals surface area contributed by atoms with Crippen molar-refractivity contribution in [3.05, 3.63) is 0 Å². The summed E-state index contributed by atoms with van der Waals surface area (Å²) in [5.74, 6) is 0.706. The summed E-state index contributed by atoms with van der Waals surface area (Å²) in [5.41, 5.74) is 0. The maximum absolute atomic E-state index is 11.4. The van der Waals surface area contributed by atoms with Crippen LogP contribution < -0.4 is 4.72 Å². The van der Waals surface area contributed by atoms with Crippen LogP contribution in [0, 0.1) is 5.92 Å². The van der Waals surface area contributed by atoms with E-state index in [1.165, 1.54) is 0 Å². The monoisotopic (exact) mass is 239 g/mol. The van der Waals surface area contributed by atoms with Crippen LogP contribution in [0.25, 0.3) is 0 Å². The van der Waals surface area contributed by atoms with E-state index in [1.54, 1.807) is 0 Å². The van der Waals surface area contributed by atoms with Gasteiger partial charge < -0.3 is 0 Å². The molecule has 0 saturated heterocycles. The predicted molar refractivity (Wildman–Crippen MR) is 59.1 cm³/mol. The molecule has 14 heavy (non-hydrogen) atoms. The molecule has 1 fully saturated rings. The van der Waals surface area contributed by atoms with Gasteiger partial charge >= 0.3 is 0 Å². The summed E-state index contributed by atoms with van der Waals surface area (Å²) in [7, 11) is -3.03. The number of alkyl halides is 1. The summed E-state index contributed by atoms with van der Waals surface area (Å²) in [5, 5.41) is 0.0821. The van der Waals surface area contributed by atoms with Crippen molar-refractivity contribution in [2.45, 2.75) is 38.0 Å². The van der Waals surface area contributed by atoms with Crippen molar-refractivity contribution in [2.75, 3.05) is 12.3 Å². The van der Waals surface area contributed by atoms with Crippen LogP contribution in [0.3, 0.4) is 0 Å². The van der Waals surface area contributed by atoms with E-state index in [2.05, 4.69) is 4.72 Å². The Hall–Kier alpha value is 0.200. The molecule has 0 aromatic carbocycles. The normalized spacial score (nSPS) is 19.6. The highest BCUT2D eigenvalue weighted by Crippen LogP contribution is 2.29. The second-order valence-electron chi connectivity index (χ2n) is 3.91. The van der Waals surface area contributed by atoms with Gasteiger partial charge in [0.05, 0.1) is 5.75 Å². The summed E-state index contributed by atoms with van der Waals surface area (Å²) in [6, 6.07) is 0. The summed E-state index contributed by atoms with van der Waals surface area (Å²) in [6.45, 7) is 2.47. The van der Waals surface area contributed by atoms with E-state index in [1.807, 2.05) is 6.92 Å². The van der Waals surface area contributed by atoms with Gasteiger partial charge in [0.2, 0.25) is 10.0 Å². The Kier molecular flexibility index (Phi) is 4.67. The van der Waals surface area contributed by atoms with E-state index in [0.717, 1.165) is 19.3 Å². The number of rotatable bonds is 7. The molecule has 1 saturated carbocycles. The number of hydrogen-bond acceptors (Lipinski definition) is 2. The van der Waals surface area contributed by atoms with E-state index in [0.29, 0.717) is 24.6 Å². The molecular weight excluding hydrogens is 222 g/mol. The molecule has 0 heterocycles. The summed E-state index contributed by atoms with van der Waals surface area (Å²) >= 11 is 5.88. The van der Waals surface area contributed by atoms with Crippen LogP contribution in [0.1, 0.15) is 32.6 Å². The van der Waals surface area contributed by atoms with Gasteiger partial charge in [-0.2, -0.15) is 0 Å². The van der Waals surface area contributed by atoms with Gasteiger partial charge in [0.1, 0.15) is 0 Å². The van der Waals surface area contributed by atoms with E-state index in [-0.39, 0.29) is 5.38 Å². The molecular formula is C9H18ClNO2S. The molecule has 0 amide bonds. The lowest BCUT2D eigenvalue weighted by Crippen LogP contribution is -2.29. The van der Waals surface area contributed by atoms with Crippen molar-refractivity contribution in [1.82, 2.24) is 4.72 Å². The Morgan fingerprint density at radius 2 is 2.14 bits per heavy atom. The third-order valence-electron chi connectivity index (χ3n) is 2.37.